The minimum atomic E-state index is 0.435. The van der Waals surface area contributed by atoms with Crippen molar-refractivity contribution >= 4 is 5.69 Å². The van der Waals surface area contributed by atoms with Gasteiger partial charge in [-0.1, -0.05) is 12.1 Å². The Bertz CT molecular complexity index is 508. The molecule has 0 atom stereocenters. The van der Waals surface area contributed by atoms with E-state index in [1.165, 1.54) is 0 Å². The van der Waals surface area contributed by atoms with Gasteiger partial charge >= 0.3 is 0 Å². The van der Waals surface area contributed by atoms with Crippen molar-refractivity contribution in [2.75, 3.05) is 12.8 Å². The van der Waals surface area contributed by atoms with Crippen LogP contribution in [-0.2, 0) is 6.42 Å². The maximum absolute atomic E-state index is 5.88. The molecule has 1 aromatic carbocycles. The zero-order valence-corrected chi connectivity index (χ0v) is 9.93. The standard InChI is InChI=1S/C12H15N3O2/c1-3-4-11-14-12(17-15-11)9-7-8(16-2)5-6-10(9)13/h5-7H,3-4,13H2,1-2H3. The number of nitrogen functional groups attached to an aromatic ring is 1. The van der Waals surface area contributed by atoms with E-state index in [0.29, 0.717) is 28.7 Å². The van der Waals surface area contributed by atoms with Crippen molar-refractivity contribution in [2.45, 2.75) is 19.8 Å². The van der Waals surface area contributed by atoms with E-state index in [9.17, 15) is 0 Å². The van der Waals surface area contributed by atoms with Crippen LogP contribution in [0.4, 0.5) is 5.69 Å². The molecular formula is C12H15N3O2. The predicted octanol–water partition coefficient (Wildman–Crippen LogP) is 2.28. The van der Waals surface area contributed by atoms with Gasteiger partial charge in [-0.05, 0) is 24.6 Å². The molecular weight excluding hydrogens is 218 g/mol. The summed E-state index contributed by atoms with van der Waals surface area (Å²) in [6.45, 7) is 2.07. The molecule has 0 spiro atoms. The average molecular weight is 233 g/mol. The van der Waals surface area contributed by atoms with Crippen molar-refractivity contribution in [3.05, 3.63) is 24.0 Å². The molecule has 0 saturated carbocycles. The van der Waals surface area contributed by atoms with Gasteiger partial charge in [-0.15, -0.1) is 0 Å². The lowest BCUT2D eigenvalue weighted by atomic mass is 10.1. The normalized spacial score (nSPS) is 10.5. The Morgan fingerprint density at radius 1 is 1.41 bits per heavy atom. The van der Waals surface area contributed by atoms with Crippen LogP contribution in [0.2, 0.25) is 0 Å². The molecule has 1 aromatic heterocycles. The molecule has 0 amide bonds. The van der Waals surface area contributed by atoms with E-state index >= 15 is 0 Å². The summed E-state index contributed by atoms with van der Waals surface area (Å²) in [6, 6.07) is 5.35. The third-order valence-corrected chi connectivity index (χ3v) is 2.43. The van der Waals surface area contributed by atoms with E-state index < -0.39 is 0 Å². The minimum absolute atomic E-state index is 0.435. The third kappa shape index (κ3) is 2.38. The van der Waals surface area contributed by atoms with Crippen molar-refractivity contribution in [3.63, 3.8) is 0 Å². The van der Waals surface area contributed by atoms with E-state index in [2.05, 4.69) is 17.1 Å². The number of rotatable bonds is 4. The second kappa shape index (κ2) is 4.86. The van der Waals surface area contributed by atoms with Crippen LogP contribution in [0, 0.1) is 0 Å². The number of aromatic nitrogens is 2. The summed E-state index contributed by atoms with van der Waals surface area (Å²) in [6.07, 6.45) is 1.78. The summed E-state index contributed by atoms with van der Waals surface area (Å²) in [5.41, 5.74) is 7.18. The molecule has 0 bridgehead atoms. The van der Waals surface area contributed by atoms with Gasteiger partial charge < -0.3 is 15.0 Å². The largest absolute Gasteiger partial charge is 0.497 e. The minimum Gasteiger partial charge on any atom is -0.497 e. The zero-order chi connectivity index (χ0) is 12.3. The number of nitrogens with two attached hydrogens (primary N) is 1. The Morgan fingerprint density at radius 3 is 2.94 bits per heavy atom. The van der Waals surface area contributed by atoms with Crippen molar-refractivity contribution in [2.24, 2.45) is 0 Å². The van der Waals surface area contributed by atoms with Gasteiger partial charge in [0.1, 0.15) is 5.75 Å². The highest BCUT2D eigenvalue weighted by Crippen LogP contribution is 2.28. The number of ether oxygens (including phenoxy) is 1. The number of nitrogens with zero attached hydrogens (tertiary/aromatic N) is 2. The Labute approximate surface area is 99.6 Å². The number of methoxy groups -OCH3 is 1. The van der Waals surface area contributed by atoms with Crippen LogP contribution in [0.3, 0.4) is 0 Å². The molecule has 0 unspecified atom stereocenters. The van der Waals surface area contributed by atoms with Crippen LogP contribution in [-0.4, -0.2) is 17.3 Å². The summed E-state index contributed by atoms with van der Waals surface area (Å²) >= 11 is 0. The van der Waals surface area contributed by atoms with Crippen LogP contribution < -0.4 is 10.5 Å². The SMILES string of the molecule is CCCc1noc(-c2cc(OC)ccc2N)n1. The van der Waals surface area contributed by atoms with Gasteiger partial charge in [0.25, 0.3) is 5.89 Å². The molecule has 2 aromatic rings. The van der Waals surface area contributed by atoms with Crippen LogP contribution in [0.1, 0.15) is 19.2 Å². The molecule has 0 aliphatic rings. The fourth-order valence-corrected chi connectivity index (χ4v) is 1.54. The second-order valence-corrected chi connectivity index (χ2v) is 3.72. The zero-order valence-electron chi connectivity index (χ0n) is 9.93. The molecule has 0 radical (unpaired) electrons. The maximum atomic E-state index is 5.88. The maximum Gasteiger partial charge on any atom is 0.260 e. The molecule has 2 rings (SSSR count). The van der Waals surface area contributed by atoms with Crippen molar-refractivity contribution in [1.82, 2.24) is 10.1 Å². The van der Waals surface area contributed by atoms with E-state index in [-0.39, 0.29) is 0 Å². The molecule has 90 valence electrons. The Balaban J connectivity index is 2.37. The molecule has 0 aliphatic heterocycles. The first kappa shape index (κ1) is 11.4. The molecule has 1 heterocycles. The van der Waals surface area contributed by atoms with Gasteiger partial charge in [-0.3, -0.25) is 0 Å². The number of benzene rings is 1. The van der Waals surface area contributed by atoms with Gasteiger partial charge in [-0.2, -0.15) is 4.98 Å². The summed E-state index contributed by atoms with van der Waals surface area (Å²) in [4.78, 5) is 4.29. The topological polar surface area (TPSA) is 74.2 Å². The first-order chi connectivity index (χ1) is 8.24. The Hall–Kier alpha value is -2.04. The van der Waals surface area contributed by atoms with Crippen LogP contribution in [0.15, 0.2) is 22.7 Å². The first-order valence-corrected chi connectivity index (χ1v) is 5.51. The highest BCUT2D eigenvalue weighted by molar-refractivity contribution is 5.72. The second-order valence-electron chi connectivity index (χ2n) is 3.72. The summed E-state index contributed by atoms with van der Waals surface area (Å²) in [7, 11) is 1.60. The van der Waals surface area contributed by atoms with Crippen LogP contribution in [0.25, 0.3) is 11.5 Å². The molecule has 5 heteroatoms. The van der Waals surface area contributed by atoms with E-state index in [0.717, 1.165) is 12.8 Å². The van der Waals surface area contributed by atoms with Crippen molar-refractivity contribution in [3.8, 4) is 17.2 Å². The Kier molecular flexibility index (Phi) is 3.27. The Morgan fingerprint density at radius 2 is 2.24 bits per heavy atom. The van der Waals surface area contributed by atoms with Crippen molar-refractivity contribution < 1.29 is 9.26 Å². The van der Waals surface area contributed by atoms with Gasteiger partial charge in [0.15, 0.2) is 5.82 Å². The van der Waals surface area contributed by atoms with E-state index in [4.69, 9.17) is 15.0 Å². The third-order valence-electron chi connectivity index (χ3n) is 2.43. The van der Waals surface area contributed by atoms with Gasteiger partial charge in [0, 0.05) is 12.1 Å². The van der Waals surface area contributed by atoms with E-state index in [1.54, 1.807) is 25.3 Å². The summed E-state index contributed by atoms with van der Waals surface area (Å²) in [5, 5.41) is 3.90. The smallest absolute Gasteiger partial charge is 0.260 e. The lowest BCUT2D eigenvalue weighted by Gasteiger charge is -2.03. The molecule has 2 N–H and O–H groups in total. The van der Waals surface area contributed by atoms with Crippen molar-refractivity contribution in [1.29, 1.82) is 0 Å². The number of aryl methyl sites for hydroxylation is 1. The summed E-state index contributed by atoms with van der Waals surface area (Å²) in [5.74, 6) is 1.85. The highest BCUT2D eigenvalue weighted by atomic mass is 16.5. The van der Waals surface area contributed by atoms with Gasteiger partial charge in [-0.25, -0.2) is 0 Å². The quantitative estimate of drug-likeness (QED) is 0.820. The van der Waals surface area contributed by atoms with Gasteiger partial charge in [0.05, 0.1) is 12.7 Å². The average Bonchev–Trinajstić information content (AvgIpc) is 2.79. The molecule has 0 saturated heterocycles. The van der Waals surface area contributed by atoms with Crippen LogP contribution >= 0.6 is 0 Å². The van der Waals surface area contributed by atoms with Crippen LogP contribution in [0.5, 0.6) is 5.75 Å². The summed E-state index contributed by atoms with van der Waals surface area (Å²) < 4.78 is 10.3. The number of hydrogen-bond acceptors (Lipinski definition) is 5. The molecule has 0 fully saturated rings. The molecule has 0 aliphatic carbocycles. The lowest BCUT2D eigenvalue weighted by Crippen LogP contribution is -1.92. The molecule has 17 heavy (non-hydrogen) atoms. The predicted molar refractivity (Wildman–Crippen MR) is 64.7 cm³/mol. The van der Waals surface area contributed by atoms with E-state index in [1.807, 2.05) is 0 Å². The highest BCUT2D eigenvalue weighted by Gasteiger charge is 2.12. The number of anilines is 1. The fourth-order valence-electron chi connectivity index (χ4n) is 1.54. The fraction of sp³-hybridized carbons (Fsp3) is 0.333. The van der Waals surface area contributed by atoms with Gasteiger partial charge in [0.2, 0.25) is 0 Å². The number of hydrogen-bond donors (Lipinski definition) is 1. The lowest BCUT2D eigenvalue weighted by molar-refractivity contribution is 0.412. The monoisotopic (exact) mass is 233 g/mol. The molecule has 5 nitrogen and oxygen atoms in total. The first-order valence-electron chi connectivity index (χ1n) is 5.51.